The van der Waals surface area contributed by atoms with E-state index in [1.807, 2.05) is 133 Å². The Morgan fingerprint density at radius 1 is 0.652 bits per heavy atom. The lowest BCUT2D eigenvalue weighted by atomic mass is 9.99. The normalized spacial score (nSPS) is 17.8. The topological polar surface area (TPSA) is 134 Å². The van der Waals surface area contributed by atoms with Crippen LogP contribution in [-0.4, -0.2) is 95.4 Å². The van der Waals surface area contributed by atoms with Crippen LogP contribution < -0.4 is 0 Å². The highest BCUT2D eigenvalue weighted by Crippen LogP contribution is 2.24. The van der Waals surface area contributed by atoms with Crippen LogP contribution in [-0.2, 0) is 19.1 Å². The van der Waals surface area contributed by atoms with E-state index in [0.29, 0.717) is 48.5 Å². The summed E-state index contributed by atoms with van der Waals surface area (Å²) < 4.78 is 9.45. The molecule has 12 heteroatoms. The zero-order valence-electron chi connectivity index (χ0n) is 37.9. The van der Waals surface area contributed by atoms with E-state index in [1.54, 1.807) is 24.3 Å². The lowest BCUT2D eigenvalue weighted by Gasteiger charge is -2.21. The van der Waals surface area contributed by atoms with Gasteiger partial charge in [-0.15, -0.1) is 22.7 Å². The van der Waals surface area contributed by atoms with Crippen LogP contribution >= 0.6 is 22.7 Å². The molecule has 0 radical (unpaired) electrons. The van der Waals surface area contributed by atoms with Crippen molar-refractivity contribution >= 4 is 58.6 Å². The van der Waals surface area contributed by atoms with Gasteiger partial charge in [-0.2, -0.15) is 0 Å². The second-order valence-corrected chi connectivity index (χ2v) is 18.2. The third-order valence-electron chi connectivity index (χ3n) is 11.0. The van der Waals surface area contributed by atoms with E-state index in [9.17, 15) is 29.4 Å². The molecule has 10 nitrogen and oxygen atoms in total. The van der Waals surface area contributed by atoms with Crippen molar-refractivity contribution in [2.24, 2.45) is 11.8 Å². The molecule has 2 fully saturated rings. The number of carbonyl (C=O) groups is 4. The first kappa shape index (κ1) is 50.7. The van der Waals surface area contributed by atoms with Crippen molar-refractivity contribution in [3.05, 3.63) is 152 Å². The lowest BCUT2D eigenvalue weighted by Crippen LogP contribution is -2.32. The summed E-state index contributed by atoms with van der Waals surface area (Å²) in [6, 6.07) is 26.7. The molecule has 2 aliphatic heterocycles. The first-order chi connectivity index (χ1) is 31.9. The van der Waals surface area contributed by atoms with Gasteiger partial charge in [0.05, 0.1) is 38.5 Å². The monoisotopic (exact) mass is 926 g/mol. The zero-order chi connectivity index (χ0) is 47.3. The van der Waals surface area contributed by atoms with Crippen molar-refractivity contribution in [1.29, 1.82) is 0 Å². The minimum atomic E-state index is -0.619. The molecule has 2 aromatic heterocycles. The summed E-state index contributed by atoms with van der Waals surface area (Å²) in [6.07, 6.45) is 17.5. The van der Waals surface area contributed by atoms with E-state index in [0.717, 1.165) is 33.7 Å². The maximum absolute atomic E-state index is 12.3. The summed E-state index contributed by atoms with van der Waals surface area (Å²) in [4.78, 5) is 54.4. The number of nitrogens with zero attached hydrogens (tertiary/aromatic N) is 2. The van der Waals surface area contributed by atoms with E-state index in [4.69, 9.17) is 9.47 Å². The standard InChI is InChI=1S/2C27H29NO4S/c2*1-20(8-6-11-21-9-4-3-5-10-21)24(29)16-13-22-14-18-26(30)28(22)19-7-12-23-15-17-25(33-23)27(31)32-2/h2*3-5,7,9-10,12-13,15-17,20,22,24,29H,8,14,18-19H2,1-2H3/b2*12-7-,16-13+/t20?,22-,24+;20?,22-,24-/m00/s1. The Balaban J connectivity index is 0.000000247. The number of likely N-dealkylation sites (tertiary alicyclic amines) is 2. The van der Waals surface area contributed by atoms with Crippen molar-refractivity contribution in [1.82, 2.24) is 9.80 Å². The number of aliphatic hydroxyl groups is 2. The fourth-order valence-corrected chi connectivity index (χ4v) is 8.75. The Bertz CT molecular complexity index is 2290. The second-order valence-electron chi connectivity index (χ2n) is 15.9. The summed E-state index contributed by atoms with van der Waals surface area (Å²) in [7, 11) is 2.72. The Morgan fingerprint density at radius 2 is 1.05 bits per heavy atom. The molecular formula is C54H58N2O8S2. The molecule has 0 bridgehead atoms. The fourth-order valence-electron chi connectivity index (χ4n) is 7.03. The quantitative estimate of drug-likeness (QED) is 0.0647. The number of hydrogen-bond acceptors (Lipinski definition) is 10. The molecule has 2 N–H and O–H groups in total. The SMILES string of the molecule is COC(=O)c1ccc(/C=C\CN2C(=O)CC[C@@H]2/C=C/[C@@H](O)C(C)CC#Cc2ccccc2)s1.COC(=O)c1ccc(/C=C\CN2C(=O)CC[C@@H]2/C=C/[C@H](O)C(C)CC#Cc2ccccc2)s1. The van der Waals surface area contributed by atoms with Crippen LogP contribution in [0.5, 0.6) is 0 Å². The van der Waals surface area contributed by atoms with Gasteiger partial charge >= 0.3 is 11.9 Å². The van der Waals surface area contributed by atoms with Crippen LogP contribution in [0.25, 0.3) is 12.2 Å². The third-order valence-corrected chi connectivity index (χ3v) is 13.1. The van der Waals surface area contributed by atoms with Crippen LogP contribution in [0, 0.1) is 35.5 Å². The Hall–Kier alpha value is -6.28. The van der Waals surface area contributed by atoms with E-state index in [-0.39, 0.29) is 47.7 Å². The number of thiophene rings is 2. The maximum Gasteiger partial charge on any atom is 0.348 e. The van der Waals surface area contributed by atoms with Gasteiger partial charge in [0.25, 0.3) is 0 Å². The maximum atomic E-state index is 12.3. The van der Waals surface area contributed by atoms with E-state index in [2.05, 4.69) is 23.7 Å². The van der Waals surface area contributed by atoms with Crippen LogP contribution in [0.4, 0.5) is 0 Å². The predicted molar refractivity (Wildman–Crippen MR) is 263 cm³/mol. The van der Waals surface area contributed by atoms with Crippen molar-refractivity contribution in [2.75, 3.05) is 27.3 Å². The summed E-state index contributed by atoms with van der Waals surface area (Å²) in [5, 5.41) is 21.0. The third kappa shape index (κ3) is 16.0. The highest BCUT2D eigenvalue weighted by molar-refractivity contribution is 7.15. The zero-order valence-corrected chi connectivity index (χ0v) is 39.5. The van der Waals surface area contributed by atoms with Gasteiger partial charge in [-0.05, 0) is 85.4 Å². The van der Waals surface area contributed by atoms with Gasteiger partial charge in [0.1, 0.15) is 9.75 Å². The van der Waals surface area contributed by atoms with Gasteiger partial charge in [-0.1, -0.05) is 110 Å². The van der Waals surface area contributed by atoms with Gasteiger partial charge in [0.15, 0.2) is 0 Å². The molecule has 0 aliphatic carbocycles. The molecule has 344 valence electrons. The van der Waals surface area contributed by atoms with Gasteiger partial charge in [-0.3, -0.25) is 9.59 Å². The Kier molecular flexibility index (Phi) is 20.5. The van der Waals surface area contributed by atoms with Crippen molar-refractivity contribution in [3.8, 4) is 23.7 Å². The lowest BCUT2D eigenvalue weighted by molar-refractivity contribution is -0.128. The molecule has 0 spiro atoms. The first-order valence-electron chi connectivity index (χ1n) is 22.0. The number of rotatable bonds is 16. The largest absolute Gasteiger partial charge is 0.465 e. The summed E-state index contributed by atoms with van der Waals surface area (Å²) in [5.74, 6) is 12.0. The van der Waals surface area contributed by atoms with Crippen LogP contribution in [0.15, 0.2) is 121 Å². The smallest absolute Gasteiger partial charge is 0.348 e. The van der Waals surface area contributed by atoms with E-state index >= 15 is 0 Å². The average Bonchev–Trinajstić information content (AvgIpc) is 4.16. The minimum absolute atomic E-state index is 0.00857. The molecule has 2 saturated heterocycles. The van der Waals surface area contributed by atoms with Crippen molar-refractivity contribution < 1.29 is 38.9 Å². The van der Waals surface area contributed by atoms with Crippen molar-refractivity contribution in [3.63, 3.8) is 0 Å². The molecule has 0 saturated carbocycles. The number of benzene rings is 2. The highest BCUT2D eigenvalue weighted by atomic mass is 32.1. The predicted octanol–water partition coefficient (Wildman–Crippen LogP) is 9.07. The van der Waals surface area contributed by atoms with Crippen LogP contribution in [0.2, 0.25) is 0 Å². The van der Waals surface area contributed by atoms with Gasteiger partial charge in [-0.25, -0.2) is 9.59 Å². The Labute approximate surface area is 397 Å². The number of ether oxygens (including phenoxy) is 2. The van der Waals surface area contributed by atoms with Crippen LogP contribution in [0.1, 0.15) is 92.6 Å². The van der Waals surface area contributed by atoms with Gasteiger partial charge in [0, 0.05) is 59.7 Å². The molecule has 2 aliphatic rings. The molecule has 6 atom stereocenters. The van der Waals surface area contributed by atoms with Gasteiger partial charge < -0.3 is 29.5 Å². The number of amides is 2. The van der Waals surface area contributed by atoms with Crippen LogP contribution in [0.3, 0.4) is 0 Å². The number of esters is 2. The minimum Gasteiger partial charge on any atom is -0.465 e. The number of methoxy groups -OCH3 is 2. The first-order valence-corrected chi connectivity index (χ1v) is 23.7. The fraction of sp³-hybridized carbons (Fsp3) is 0.333. The number of carbonyl (C=O) groups excluding carboxylic acids is 4. The highest BCUT2D eigenvalue weighted by Gasteiger charge is 2.29. The molecular weight excluding hydrogens is 869 g/mol. The average molecular weight is 927 g/mol. The summed E-state index contributed by atoms with van der Waals surface area (Å²) >= 11 is 2.70. The second kappa shape index (κ2) is 26.6. The van der Waals surface area contributed by atoms with E-state index in [1.165, 1.54) is 36.9 Å². The molecule has 2 unspecified atom stereocenters. The molecule has 66 heavy (non-hydrogen) atoms. The Morgan fingerprint density at radius 3 is 1.42 bits per heavy atom. The number of hydrogen-bond donors (Lipinski definition) is 2. The molecule has 2 aromatic carbocycles. The van der Waals surface area contributed by atoms with Gasteiger partial charge in [0.2, 0.25) is 11.8 Å². The number of aliphatic hydroxyl groups excluding tert-OH is 2. The summed E-state index contributed by atoms with van der Waals surface area (Å²) in [5.41, 5.74) is 1.93. The molecule has 2 amide bonds. The van der Waals surface area contributed by atoms with E-state index < -0.39 is 12.2 Å². The molecule has 4 heterocycles. The molecule has 6 rings (SSSR count). The van der Waals surface area contributed by atoms with Crippen molar-refractivity contribution in [2.45, 2.75) is 76.7 Å². The summed E-state index contributed by atoms with van der Waals surface area (Å²) in [6.45, 7) is 4.90. The molecule has 4 aromatic rings.